The monoisotopic (exact) mass is 262 g/mol. The largest absolute Gasteiger partial charge is 0.508 e. The average molecular weight is 262 g/mol. The lowest BCUT2D eigenvalue weighted by molar-refractivity contribution is -0.134. The summed E-state index contributed by atoms with van der Waals surface area (Å²) in [6, 6.07) is 6.99. The van der Waals surface area contributed by atoms with Gasteiger partial charge in [0.25, 0.3) is 0 Å². The van der Waals surface area contributed by atoms with E-state index in [0.717, 1.165) is 31.2 Å². The van der Waals surface area contributed by atoms with E-state index in [1.807, 2.05) is 17.9 Å². The molecule has 1 atom stereocenters. The van der Waals surface area contributed by atoms with Crippen LogP contribution in [0.5, 0.6) is 5.75 Å². The summed E-state index contributed by atoms with van der Waals surface area (Å²) in [4.78, 5) is 14.2. The van der Waals surface area contributed by atoms with Crippen LogP contribution in [-0.2, 0) is 11.3 Å². The summed E-state index contributed by atoms with van der Waals surface area (Å²) in [5.41, 5.74) is 6.89. The van der Waals surface area contributed by atoms with Crippen LogP contribution in [0.2, 0.25) is 0 Å². The van der Waals surface area contributed by atoms with E-state index >= 15 is 0 Å². The molecule has 0 saturated heterocycles. The van der Waals surface area contributed by atoms with E-state index in [1.165, 1.54) is 0 Å². The molecule has 1 aromatic rings. The molecule has 19 heavy (non-hydrogen) atoms. The minimum atomic E-state index is -0.400. The number of benzene rings is 1. The quantitative estimate of drug-likeness (QED) is 0.824. The highest BCUT2D eigenvalue weighted by Gasteiger charge is 2.34. The maximum atomic E-state index is 12.3. The van der Waals surface area contributed by atoms with Gasteiger partial charge in [-0.2, -0.15) is 0 Å². The van der Waals surface area contributed by atoms with Crippen molar-refractivity contribution in [1.82, 2.24) is 4.90 Å². The van der Waals surface area contributed by atoms with Crippen LogP contribution < -0.4 is 5.73 Å². The van der Waals surface area contributed by atoms with Gasteiger partial charge in [-0.3, -0.25) is 4.79 Å². The van der Waals surface area contributed by atoms with E-state index in [0.29, 0.717) is 12.6 Å². The van der Waals surface area contributed by atoms with Crippen molar-refractivity contribution in [3.8, 4) is 5.75 Å². The summed E-state index contributed by atoms with van der Waals surface area (Å²) >= 11 is 0. The van der Waals surface area contributed by atoms with Gasteiger partial charge in [0, 0.05) is 12.6 Å². The molecule has 4 nitrogen and oxygen atoms in total. The van der Waals surface area contributed by atoms with E-state index < -0.39 is 6.04 Å². The molecule has 104 valence electrons. The molecule has 0 heterocycles. The van der Waals surface area contributed by atoms with Crippen LogP contribution in [0.3, 0.4) is 0 Å². The number of carbonyl (C=O) groups is 1. The predicted octanol–water partition coefficient (Wildman–Crippen LogP) is 2.01. The normalized spacial score (nSPS) is 16.1. The Morgan fingerprint density at radius 3 is 2.84 bits per heavy atom. The molecule has 0 bridgehead atoms. The standard InChI is InChI=1S/C15H22N2O2/c1-2-4-14(16)15(19)17(12-7-8-12)10-11-5-3-6-13(18)9-11/h3,5-6,9,12,14,18H,2,4,7-8,10,16H2,1H3/t14-/m1/s1. The van der Waals surface area contributed by atoms with Gasteiger partial charge >= 0.3 is 0 Å². The molecule has 0 aliphatic heterocycles. The Hall–Kier alpha value is -1.55. The van der Waals surface area contributed by atoms with E-state index in [1.54, 1.807) is 18.2 Å². The smallest absolute Gasteiger partial charge is 0.240 e. The molecule has 1 fully saturated rings. The number of amides is 1. The number of phenols is 1. The molecule has 1 saturated carbocycles. The number of nitrogens with zero attached hydrogens (tertiary/aromatic N) is 1. The lowest BCUT2D eigenvalue weighted by atomic mass is 10.1. The first-order valence-electron chi connectivity index (χ1n) is 6.95. The fourth-order valence-electron chi connectivity index (χ4n) is 2.27. The van der Waals surface area contributed by atoms with Crippen LogP contribution in [-0.4, -0.2) is 28.0 Å². The molecule has 0 spiro atoms. The summed E-state index contributed by atoms with van der Waals surface area (Å²) in [5, 5.41) is 9.48. The number of phenolic OH excluding ortho intramolecular Hbond substituents is 1. The van der Waals surface area contributed by atoms with Crippen molar-refractivity contribution in [2.45, 2.75) is 51.2 Å². The van der Waals surface area contributed by atoms with Crippen molar-refractivity contribution in [2.75, 3.05) is 0 Å². The van der Waals surface area contributed by atoms with Crippen molar-refractivity contribution in [3.63, 3.8) is 0 Å². The van der Waals surface area contributed by atoms with Gasteiger partial charge in [0.05, 0.1) is 6.04 Å². The zero-order chi connectivity index (χ0) is 13.8. The Morgan fingerprint density at radius 2 is 2.26 bits per heavy atom. The van der Waals surface area contributed by atoms with Gasteiger partial charge in [-0.05, 0) is 37.0 Å². The van der Waals surface area contributed by atoms with Crippen LogP contribution in [0.1, 0.15) is 38.2 Å². The van der Waals surface area contributed by atoms with E-state index in [9.17, 15) is 9.90 Å². The number of rotatable bonds is 6. The number of hydrogen-bond acceptors (Lipinski definition) is 3. The van der Waals surface area contributed by atoms with Gasteiger partial charge < -0.3 is 15.7 Å². The first-order valence-corrected chi connectivity index (χ1v) is 6.95. The van der Waals surface area contributed by atoms with Crippen molar-refractivity contribution < 1.29 is 9.90 Å². The maximum absolute atomic E-state index is 12.3. The SMILES string of the molecule is CCC[C@@H](N)C(=O)N(Cc1cccc(O)c1)C1CC1. The molecule has 2 rings (SSSR count). The lowest BCUT2D eigenvalue weighted by Crippen LogP contribution is -2.44. The molecule has 4 heteroatoms. The van der Waals surface area contributed by atoms with Crippen molar-refractivity contribution in [1.29, 1.82) is 0 Å². The van der Waals surface area contributed by atoms with Gasteiger partial charge in [0.1, 0.15) is 5.75 Å². The summed E-state index contributed by atoms with van der Waals surface area (Å²) < 4.78 is 0. The summed E-state index contributed by atoms with van der Waals surface area (Å²) in [6.45, 7) is 2.57. The van der Waals surface area contributed by atoms with Crippen LogP contribution in [0.4, 0.5) is 0 Å². The Labute approximate surface area is 114 Å². The molecule has 0 unspecified atom stereocenters. The second-order valence-electron chi connectivity index (χ2n) is 5.26. The molecular formula is C15H22N2O2. The summed E-state index contributed by atoms with van der Waals surface area (Å²) in [6.07, 6.45) is 3.76. The highest BCUT2D eigenvalue weighted by Crippen LogP contribution is 2.29. The minimum absolute atomic E-state index is 0.0349. The van der Waals surface area contributed by atoms with Crippen molar-refractivity contribution in [2.24, 2.45) is 5.73 Å². The van der Waals surface area contributed by atoms with Crippen molar-refractivity contribution >= 4 is 5.91 Å². The predicted molar refractivity (Wildman–Crippen MR) is 74.6 cm³/mol. The summed E-state index contributed by atoms with van der Waals surface area (Å²) in [7, 11) is 0. The van der Waals surface area contributed by atoms with E-state index in [4.69, 9.17) is 5.73 Å². The molecular weight excluding hydrogens is 240 g/mol. The second kappa shape index (κ2) is 6.06. The highest BCUT2D eigenvalue weighted by molar-refractivity contribution is 5.82. The number of hydrogen-bond donors (Lipinski definition) is 2. The Kier molecular flexibility index (Phi) is 4.43. The maximum Gasteiger partial charge on any atom is 0.240 e. The Balaban J connectivity index is 2.06. The van der Waals surface area contributed by atoms with Gasteiger partial charge in [-0.1, -0.05) is 25.5 Å². The first kappa shape index (κ1) is 13.9. The zero-order valence-corrected chi connectivity index (χ0v) is 11.4. The fourth-order valence-corrected chi connectivity index (χ4v) is 2.27. The average Bonchev–Trinajstić information content (AvgIpc) is 3.20. The third kappa shape index (κ3) is 3.70. The highest BCUT2D eigenvalue weighted by atomic mass is 16.3. The van der Waals surface area contributed by atoms with E-state index in [2.05, 4.69) is 0 Å². The third-order valence-electron chi connectivity index (χ3n) is 3.45. The third-order valence-corrected chi connectivity index (χ3v) is 3.45. The van der Waals surface area contributed by atoms with Gasteiger partial charge in [-0.15, -0.1) is 0 Å². The fraction of sp³-hybridized carbons (Fsp3) is 0.533. The molecule has 1 aliphatic rings. The van der Waals surface area contributed by atoms with Crippen molar-refractivity contribution in [3.05, 3.63) is 29.8 Å². The zero-order valence-electron chi connectivity index (χ0n) is 11.4. The molecule has 0 radical (unpaired) electrons. The van der Waals surface area contributed by atoms with Crippen LogP contribution in [0.15, 0.2) is 24.3 Å². The van der Waals surface area contributed by atoms with Gasteiger partial charge in [0.15, 0.2) is 0 Å². The summed E-state index contributed by atoms with van der Waals surface area (Å²) in [5.74, 6) is 0.270. The minimum Gasteiger partial charge on any atom is -0.508 e. The van der Waals surface area contributed by atoms with Crippen LogP contribution in [0.25, 0.3) is 0 Å². The second-order valence-corrected chi connectivity index (χ2v) is 5.26. The van der Waals surface area contributed by atoms with Gasteiger partial charge in [-0.25, -0.2) is 0 Å². The first-order chi connectivity index (χ1) is 9.11. The molecule has 0 aromatic heterocycles. The Bertz CT molecular complexity index is 444. The number of carbonyl (C=O) groups excluding carboxylic acids is 1. The molecule has 1 aromatic carbocycles. The molecule has 1 amide bonds. The lowest BCUT2D eigenvalue weighted by Gasteiger charge is -2.25. The molecule has 3 N–H and O–H groups in total. The topological polar surface area (TPSA) is 66.6 Å². The number of aromatic hydroxyl groups is 1. The van der Waals surface area contributed by atoms with Crippen LogP contribution in [0, 0.1) is 0 Å². The van der Waals surface area contributed by atoms with Gasteiger partial charge in [0.2, 0.25) is 5.91 Å². The molecule has 1 aliphatic carbocycles. The Morgan fingerprint density at radius 1 is 1.53 bits per heavy atom. The number of nitrogens with two attached hydrogens (primary N) is 1. The van der Waals surface area contributed by atoms with Crippen LogP contribution >= 0.6 is 0 Å². The van der Waals surface area contributed by atoms with E-state index in [-0.39, 0.29) is 11.7 Å².